The van der Waals surface area contributed by atoms with E-state index in [1.807, 2.05) is 30.3 Å². The number of benzene rings is 1. The van der Waals surface area contributed by atoms with Gasteiger partial charge < -0.3 is 0 Å². The minimum atomic E-state index is 0.471. The summed E-state index contributed by atoms with van der Waals surface area (Å²) in [7, 11) is 0. The maximum Gasteiger partial charge on any atom is 0.214 e. The molecule has 0 fully saturated rings. The molecule has 15 heavy (non-hydrogen) atoms. The van der Waals surface area contributed by atoms with Gasteiger partial charge in [-0.15, -0.1) is 5.10 Å². The van der Waals surface area contributed by atoms with Crippen LogP contribution in [0.2, 0.25) is 0 Å². The molecule has 0 spiro atoms. The number of hydrogen-bond donors (Lipinski definition) is 0. The van der Waals surface area contributed by atoms with Crippen molar-refractivity contribution in [3.8, 4) is 5.69 Å². The zero-order valence-electron chi connectivity index (χ0n) is 8.66. The van der Waals surface area contributed by atoms with Crippen molar-refractivity contribution >= 4 is 11.8 Å². The third-order valence-electron chi connectivity index (χ3n) is 1.78. The highest BCUT2D eigenvalue weighted by Crippen LogP contribution is 2.21. The summed E-state index contributed by atoms with van der Waals surface area (Å²) in [5.74, 6) is 0. The van der Waals surface area contributed by atoms with Crippen molar-refractivity contribution < 1.29 is 0 Å². The number of para-hydroxylation sites is 1. The highest BCUT2D eigenvalue weighted by Gasteiger charge is 2.09. The first kappa shape index (κ1) is 10.2. The normalized spacial score (nSPS) is 10.9. The summed E-state index contributed by atoms with van der Waals surface area (Å²) < 4.78 is 1.75. The molecule has 0 bridgehead atoms. The van der Waals surface area contributed by atoms with Crippen LogP contribution >= 0.6 is 11.8 Å². The van der Waals surface area contributed by atoms with Gasteiger partial charge in [-0.2, -0.15) is 4.68 Å². The molecule has 4 nitrogen and oxygen atoms in total. The number of thioether (sulfide) groups is 1. The van der Waals surface area contributed by atoms with E-state index in [0.717, 1.165) is 10.8 Å². The molecule has 1 aromatic carbocycles. The fraction of sp³-hybridized carbons (Fsp3) is 0.300. The SMILES string of the molecule is CC(C)Sc1nnnn1-c1ccccc1. The maximum absolute atomic E-state index is 4.00. The Morgan fingerprint density at radius 3 is 2.60 bits per heavy atom. The van der Waals surface area contributed by atoms with Crippen LogP contribution in [0.15, 0.2) is 35.5 Å². The van der Waals surface area contributed by atoms with Gasteiger partial charge in [-0.05, 0) is 22.6 Å². The molecule has 0 aliphatic rings. The smallest absolute Gasteiger partial charge is 0.188 e. The predicted molar refractivity (Wildman–Crippen MR) is 60.1 cm³/mol. The van der Waals surface area contributed by atoms with Crippen LogP contribution in [0.5, 0.6) is 0 Å². The Kier molecular flexibility index (Phi) is 3.01. The molecule has 5 heteroatoms. The lowest BCUT2D eigenvalue weighted by atomic mass is 10.3. The summed E-state index contributed by atoms with van der Waals surface area (Å²) in [4.78, 5) is 0. The molecular formula is C10H12N4S. The van der Waals surface area contributed by atoms with Crippen LogP contribution in [0.1, 0.15) is 13.8 Å². The molecule has 2 rings (SSSR count). The van der Waals surface area contributed by atoms with Gasteiger partial charge in [-0.1, -0.05) is 43.8 Å². The Morgan fingerprint density at radius 1 is 1.20 bits per heavy atom. The zero-order chi connectivity index (χ0) is 10.7. The van der Waals surface area contributed by atoms with E-state index in [-0.39, 0.29) is 0 Å². The van der Waals surface area contributed by atoms with Crippen molar-refractivity contribution in [2.24, 2.45) is 0 Å². The quantitative estimate of drug-likeness (QED) is 0.743. The third-order valence-corrected chi connectivity index (χ3v) is 2.72. The third kappa shape index (κ3) is 2.36. The second-order valence-corrected chi connectivity index (χ2v) is 4.92. The minimum Gasteiger partial charge on any atom is -0.188 e. The summed E-state index contributed by atoms with van der Waals surface area (Å²) in [5.41, 5.74) is 0.991. The Bertz CT molecular complexity index is 424. The number of aromatic nitrogens is 4. The van der Waals surface area contributed by atoms with Gasteiger partial charge in [-0.3, -0.25) is 0 Å². The summed E-state index contributed by atoms with van der Waals surface area (Å²) >= 11 is 1.65. The van der Waals surface area contributed by atoms with Gasteiger partial charge in [0.1, 0.15) is 0 Å². The molecule has 1 heterocycles. The van der Waals surface area contributed by atoms with E-state index >= 15 is 0 Å². The van der Waals surface area contributed by atoms with Crippen molar-refractivity contribution in [3.05, 3.63) is 30.3 Å². The van der Waals surface area contributed by atoms with Crippen LogP contribution in [0.3, 0.4) is 0 Å². The Morgan fingerprint density at radius 2 is 1.93 bits per heavy atom. The maximum atomic E-state index is 4.00. The number of hydrogen-bond acceptors (Lipinski definition) is 4. The molecule has 0 N–H and O–H groups in total. The van der Waals surface area contributed by atoms with Crippen molar-refractivity contribution in [2.45, 2.75) is 24.3 Å². The molecule has 0 saturated carbocycles. The van der Waals surface area contributed by atoms with Gasteiger partial charge in [0.25, 0.3) is 0 Å². The van der Waals surface area contributed by atoms with Gasteiger partial charge in [0.2, 0.25) is 5.16 Å². The molecule has 0 saturated heterocycles. The Hall–Kier alpha value is -1.36. The van der Waals surface area contributed by atoms with Crippen LogP contribution in [-0.2, 0) is 0 Å². The lowest BCUT2D eigenvalue weighted by Crippen LogP contribution is -2.00. The molecule has 0 aliphatic carbocycles. The second kappa shape index (κ2) is 4.44. The first-order valence-corrected chi connectivity index (χ1v) is 5.66. The van der Waals surface area contributed by atoms with Gasteiger partial charge >= 0.3 is 0 Å². The molecule has 0 amide bonds. The molecule has 0 atom stereocenters. The van der Waals surface area contributed by atoms with Gasteiger partial charge in [0.15, 0.2) is 0 Å². The zero-order valence-corrected chi connectivity index (χ0v) is 9.48. The van der Waals surface area contributed by atoms with E-state index in [1.54, 1.807) is 16.4 Å². The Labute approximate surface area is 92.7 Å². The van der Waals surface area contributed by atoms with Crippen LogP contribution in [0.25, 0.3) is 5.69 Å². The first-order chi connectivity index (χ1) is 7.27. The lowest BCUT2D eigenvalue weighted by molar-refractivity contribution is 0.755. The number of nitrogens with zero attached hydrogens (tertiary/aromatic N) is 4. The van der Waals surface area contributed by atoms with Crippen LogP contribution in [-0.4, -0.2) is 25.5 Å². The van der Waals surface area contributed by atoms with Crippen molar-refractivity contribution in [1.82, 2.24) is 20.2 Å². The molecule has 2 aromatic rings. The fourth-order valence-electron chi connectivity index (χ4n) is 1.19. The standard InChI is InChI=1S/C10H12N4S/c1-8(2)15-10-11-12-13-14(10)9-6-4-3-5-7-9/h3-8H,1-2H3. The first-order valence-electron chi connectivity index (χ1n) is 4.78. The molecule has 78 valence electrons. The second-order valence-electron chi connectivity index (χ2n) is 3.38. The van der Waals surface area contributed by atoms with Crippen LogP contribution in [0, 0.1) is 0 Å². The van der Waals surface area contributed by atoms with E-state index in [0.29, 0.717) is 5.25 Å². The number of tetrazole rings is 1. The van der Waals surface area contributed by atoms with Crippen LogP contribution < -0.4 is 0 Å². The minimum absolute atomic E-state index is 0.471. The van der Waals surface area contributed by atoms with Crippen molar-refractivity contribution in [2.75, 3.05) is 0 Å². The van der Waals surface area contributed by atoms with E-state index in [2.05, 4.69) is 29.4 Å². The largest absolute Gasteiger partial charge is 0.214 e. The highest BCUT2D eigenvalue weighted by atomic mass is 32.2. The molecule has 1 aromatic heterocycles. The van der Waals surface area contributed by atoms with Crippen LogP contribution in [0.4, 0.5) is 0 Å². The molecule has 0 radical (unpaired) electrons. The average molecular weight is 220 g/mol. The lowest BCUT2D eigenvalue weighted by Gasteiger charge is -2.05. The molecule has 0 unspecified atom stereocenters. The molecule has 0 aliphatic heterocycles. The topological polar surface area (TPSA) is 43.6 Å². The molecular weight excluding hydrogens is 208 g/mol. The van der Waals surface area contributed by atoms with Crippen molar-refractivity contribution in [1.29, 1.82) is 0 Å². The fourth-order valence-corrected chi connectivity index (χ4v) is 1.94. The summed E-state index contributed by atoms with van der Waals surface area (Å²) in [6.45, 7) is 4.24. The van der Waals surface area contributed by atoms with E-state index in [4.69, 9.17) is 0 Å². The van der Waals surface area contributed by atoms with E-state index in [9.17, 15) is 0 Å². The van der Waals surface area contributed by atoms with Crippen molar-refractivity contribution in [3.63, 3.8) is 0 Å². The summed E-state index contributed by atoms with van der Waals surface area (Å²) in [5, 5.41) is 13.0. The monoisotopic (exact) mass is 220 g/mol. The predicted octanol–water partition coefficient (Wildman–Crippen LogP) is 2.16. The average Bonchev–Trinajstić information content (AvgIpc) is 2.66. The van der Waals surface area contributed by atoms with E-state index in [1.165, 1.54) is 0 Å². The summed E-state index contributed by atoms with van der Waals surface area (Å²) in [6, 6.07) is 9.90. The van der Waals surface area contributed by atoms with E-state index < -0.39 is 0 Å². The van der Waals surface area contributed by atoms with Gasteiger partial charge in [0, 0.05) is 5.25 Å². The van der Waals surface area contributed by atoms with Gasteiger partial charge in [0.05, 0.1) is 5.69 Å². The Balaban J connectivity index is 2.33. The summed E-state index contributed by atoms with van der Waals surface area (Å²) in [6.07, 6.45) is 0. The van der Waals surface area contributed by atoms with Gasteiger partial charge in [-0.25, -0.2) is 0 Å². The number of rotatable bonds is 3. The highest BCUT2D eigenvalue weighted by molar-refractivity contribution is 7.99.